The molecule has 0 heterocycles. The van der Waals surface area contributed by atoms with Crippen LogP contribution in [0, 0.1) is 0 Å². The van der Waals surface area contributed by atoms with E-state index in [-0.39, 0.29) is 0 Å². The van der Waals surface area contributed by atoms with Crippen LogP contribution in [0.15, 0.2) is 30.3 Å². The van der Waals surface area contributed by atoms with Crippen molar-refractivity contribution >= 4 is 28.9 Å². The Morgan fingerprint density at radius 2 is 1.55 bits per heavy atom. The van der Waals surface area contributed by atoms with Crippen molar-refractivity contribution in [3.63, 3.8) is 0 Å². The topological polar surface area (TPSA) is 3.24 Å². The van der Waals surface area contributed by atoms with E-state index in [0.29, 0.717) is 10.0 Å². The zero-order valence-electron chi connectivity index (χ0n) is 11.7. The Balaban J connectivity index is 2.10. The highest BCUT2D eigenvalue weighted by atomic mass is 35.5. The lowest BCUT2D eigenvalue weighted by Crippen LogP contribution is -2.21. The lowest BCUT2D eigenvalue weighted by atomic mass is 10.0. The minimum atomic E-state index is 0.631. The molecule has 2 aromatic carbocycles. The highest BCUT2D eigenvalue weighted by Crippen LogP contribution is 2.42. The van der Waals surface area contributed by atoms with Gasteiger partial charge in [0.15, 0.2) is 0 Å². The van der Waals surface area contributed by atoms with E-state index in [2.05, 4.69) is 36.9 Å². The van der Waals surface area contributed by atoms with Gasteiger partial charge in [0, 0.05) is 18.8 Å². The normalized spacial score (nSPS) is 12.2. The highest BCUT2D eigenvalue weighted by Gasteiger charge is 2.21. The van der Waals surface area contributed by atoms with Gasteiger partial charge in [0.2, 0.25) is 0 Å². The maximum Gasteiger partial charge on any atom is 0.0598 e. The minimum absolute atomic E-state index is 0.631. The number of hydrogen-bond donors (Lipinski definition) is 0. The Kier molecular flexibility index (Phi) is 3.66. The van der Waals surface area contributed by atoms with E-state index in [4.69, 9.17) is 23.2 Å². The van der Waals surface area contributed by atoms with Gasteiger partial charge in [0.1, 0.15) is 0 Å². The summed E-state index contributed by atoms with van der Waals surface area (Å²) in [5.41, 5.74) is 6.42. The lowest BCUT2D eigenvalue weighted by Gasteiger charge is -2.21. The molecule has 3 heteroatoms. The average Bonchev–Trinajstić information content (AvgIpc) is 2.78. The van der Waals surface area contributed by atoms with Crippen LogP contribution in [0.4, 0.5) is 5.69 Å². The first-order valence-electron chi connectivity index (χ1n) is 7.00. The first-order chi connectivity index (χ1) is 9.63. The highest BCUT2D eigenvalue weighted by molar-refractivity contribution is 6.42. The fraction of sp³-hybridized carbons (Fsp3) is 0.294. The van der Waals surface area contributed by atoms with Crippen molar-refractivity contribution in [2.45, 2.75) is 20.3 Å². The lowest BCUT2D eigenvalue weighted by molar-refractivity contribution is 0.866. The number of halogens is 2. The van der Waals surface area contributed by atoms with E-state index >= 15 is 0 Å². The van der Waals surface area contributed by atoms with Crippen molar-refractivity contribution in [1.29, 1.82) is 0 Å². The van der Waals surface area contributed by atoms with Gasteiger partial charge in [0.25, 0.3) is 0 Å². The van der Waals surface area contributed by atoms with E-state index in [1.165, 1.54) is 27.9 Å². The zero-order chi connectivity index (χ0) is 14.3. The smallest absolute Gasteiger partial charge is 0.0598 e. The molecule has 0 amide bonds. The van der Waals surface area contributed by atoms with Crippen LogP contribution in [0.2, 0.25) is 10.0 Å². The van der Waals surface area contributed by atoms with Gasteiger partial charge in [-0.15, -0.1) is 0 Å². The number of benzene rings is 2. The first-order valence-corrected chi connectivity index (χ1v) is 7.75. The van der Waals surface area contributed by atoms with Crippen molar-refractivity contribution in [2.75, 3.05) is 18.0 Å². The second-order valence-corrected chi connectivity index (χ2v) is 5.93. The summed E-state index contributed by atoms with van der Waals surface area (Å²) in [4.78, 5) is 2.36. The minimum Gasteiger partial charge on any atom is -0.372 e. The van der Waals surface area contributed by atoms with Crippen molar-refractivity contribution in [2.24, 2.45) is 0 Å². The standard InChI is InChI=1S/C17H17Cl2N/c1-3-20(4-2)13-6-5-11-7-12-8-16(18)17(19)10-15(12)14(11)9-13/h5-6,8-10H,3-4,7H2,1-2H3. The molecule has 2 aromatic rings. The largest absolute Gasteiger partial charge is 0.372 e. The van der Waals surface area contributed by atoms with Crippen LogP contribution in [0.25, 0.3) is 11.1 Å². The van der Waals surface area contributed by atoms with Gasteiger partial charge in [-0.3, -0.25) is 0 Å². The molecule has 104 valence electrons. The molecule has 1 aliphatic carbocycles. The van der Waals surface area contributed by atoms with Gasteiger partial charge in [-0.1, -0.05) is 29.3 Å². The second-order valence-electron chi connectivity index (χ2n) is 5.11. The molecule has 0 aromatic heterocycles. The second kappa shape index (κ2) is 5.31. The average molecular weight is 306 g/mol. The molecule has 1 aliphatic rings. The van der Waals surface area contributed by atoms with E-state index < -0.39 is 0 Å². The summed E-state index contributed by atoms with van der Waals surface area (Å²) in [6, 6.07) is 10.7. The third kappa shape index (κ3) is 2.19. The molecule has 0 radical (unpaired) electrons. The van der Waals surface area contributed by atoms with E-state index in [9.17, 15) is 0 Å². The summed E-state index contributed by atoms with van der Waals surface area (Å²) >= 11 is 12.3. The number of hydrogen-bond acceptors (Lipinski definition) is 1. The fourth-order valence-electron chi connectivity index (χ4n) is 2.94. The number of fused-ring (bicyclic) bond motifs is 3. The van der Waals surface area contributed by atoms with Gasteiger partial charge in [-0.2, -0.15) is 0 Å². The van der Waals surface area contributed by atoms with Crippen LogP contribution in [0.5, 0.6) is 0 Å². The molecular formula is C17H17Cl2N. The number of anilines is 1. The molecule has 20 heavy (non-hydrogen) atoms. The third-order valence-electron chi connectivity index (χ3n) is 4.04. The van der Waals surface area contributed by atoms with Gasteiger partial charge in [-0.25, -0.2) is 0 Å². The molecule has 0 atom stereocenters. The maximum absolute atomic E-state index is 6.17. The maximum atomic E-state index is 6.17. The van der Waals surface area contributed by atoms with Gasteiger partial charge < -0.3 is 4.90 Å². The van der Waals surface area contributed by atoms with Crippen LogP contribution in [-0.4, -0.2) is 13.1 Å². The predicted octanol–water partition coefficient (Wildman–Crippen LogP) is 5.41. The Morgan fingerprint density at radius 3 is 2.25 bits per heavy atom. The van der Waals surface area contributed by atoms with E-state index in [1.54, 1.807) is 0 Å². The molecule has 0 N–H and O–H groups in total. The summed E-state index contributed by atoms with van der Waals surface area (Å²) in [6.07, 6.45) is 0.945. The Morgan fingerprint density at radius 1 is 0.900 bits per heavy atom. The van der Waals surface area contributed by atoms with Gasteiger partial charge in [0.05, 0.1) is 10.0 Å². The SMILES string of the molecule is CCN(CC)c1ccc2c(c1)-c1cc(Cl)c(Cl)cc1C2. The van der Waals surface area contributed by atoms with Crippen molar-refractivity contribution in [1.82, 2.24) is 0 Å². The quantitative estimate of drug-likeness (QED) is 0.625. The first kappa shape index (κ1) is 13.8. The van der Waals surface area contributed by atoms with Crippen molar-refractivity contribution in [3.05, 3.63) is 51.5 Å². The molecule has 0 saturated heterocycles. The molecule has 0 unspecified atom stereocenters. The van der Waals surface area contributed by atoms with Gasteiger partial charge in [-0.05, 0) is 66.8 Å². The van der Waals surface area contributed by atoms with Crippen LogP contribution in [0.3, 0.4) is 0 Å². The van der Waals surface area contributed by atoms with Crippen LogP contribution in [0.1, 0.15) is 25.0 Å². The summed E-state index contributed by atoms with van der Waals surface area (Å²) < 4.78 is 0. The van der Waals surface area contributed by atoms with Crippen LogP contribution >= 0.6 is 23.2 Å². The summed E-state index contributed by atoms with van der Waals surface area (Å²) in [5.74, 6) is 0. The third-order valence-corrected chi connectivity index (χ3v) is 4.76. The molecule has 0 saturated carbocycles. The monoisotopic (exact) mass is 305 g/mol. The molecular weight excluding hydrogens is 289 g/mol. The van der Waals surface area contributed by atoms with Crippen LogP contribution < -0.4 is 4.90 Å². The Labute approximate surface area is 130 Å². The van der Waals surface area contributed by atoms with E-state index in [1.807, 2.05) is 12.1 Å². The molecule has 0 fully saturated rings. The summed E-state index contributed by atoms with van der Waals surface area (Å²) in [7, 11) is 0. The molecule has 3 rings (SSSR count). The van der Waals surface area contributed by atoms with Crippen LogP contribution in [-0.2, 0) is 6.42 Å². The molecule has 0 bridgehead atoms. The van der Waals surface area contributed by atoms with Crippen molar-refractivity contribution in [3.8, 4) is 11.1 Å². The predicted molar refractivity (Wildman–Crippen MR) is 88.3 cm³/mol. The van der Waals surface area contributed by atoms with E-state index in [0.717, 1.165) is 19.5 Å². The fourth-order valence-corrected chi connectivity index (χ4v) is 3.29. The number of nitrogens with zero attached hydrogens (tertiary/aromatic N) is 1. The Hall–Kier alpha value is -1.18. The molecule has 0 aliphatic heterocycles. The Bertz CT molecular complexity index is 660. The summed E-state index contributed by atoms with van der Waals surface area (Å²) in [6.45, 7) is 6.40. The van der Waals surface area contributed by atoms with Crippen molar-refractivity contribution < 1.29 is 0 Å². The molecule has 0 spiro atoms. The number of rotatable bonds is 3. The molecule has 1 nitrogen and oxygen atoms in total. The van der Waals surface area contributed by atoms with Gasteiger partial charge >= 0.3 is 0 Å². The zero-order valence-corrected chi connectivity index (χ0v) is 13.2. The summed E-state index contributed by atoms with van der Waals surface area (Å²) in [5, 5.41) is 1.27.